The molecule has 0 aliphatic carbocycles. The van der Waals surface area contributed by atoms with Crippen LogP contribution in [0.1, 0.15) is 35.9 Å². The smallest absolute Gasteiger partial charge is 0.274 e. The zero-order valence-electron chi connectivity index (χ0n) is 13.5. The van der Waals surface area contributed by atoms with Crippen molar-refractivity contribution in [2.45, 2.75) is 26.2 Å². The summed E-state index contributed by atoms with van der Waals surface area (Å²) < 4.78 is 5.82. The minimum absolute atomic E-state index is 0.0309. The van der Waals surface area contributed by atoms with Crippen molar-refractivity contribution < 1.29 is 9.53 Å². The fourth-order valence-corrected chi connectivity index (χ4v) is 2.85. The summed E-state index contributed by atoms with van der Waals surface area (Å²) >= 11 is 0. The number of amides is 1. The average Bonchev–Trinajstić information content (AvgIpc) is 3.10. The number of rotatable bonds is 5. The van der Waals surface area contributed by atoms with E-state index in [0.717, 1.165) is 43.8 Å². The summed E-state index contributed by atoms with van der Waals surface area (Å²) in [5.74, 6) is 1.45. The largest absolute Gasteiger partial charge is 0.493 e. The Labute approximate surface area is 136 Å². The van der Waals surface area contributed by atoms with E-state index >= 15 is 0 Å². The highest BCUT2D eigenvalue weighted by Gasteiger charge is 2.25. The number of hydrogen-bond acceptors (Lipinski definition) is 3. The number of hydrogen-bond donors (Lipinski definition) is 1. The maximum Gasteiger partial charge on any atom is 0.274 e. The van der Waals surface area contributed by atoms with Gasteiger partial charge >= 0.3 is 0 Å². The fourth-order valence-electron chi connectivity index (χ4n) is 2.85. The van der Waals surface area contributed by atoms with Gasteiger partial charge in [-0.25, -0.2) is 0 Å². The van der Waals surface area contributed by atoms with E-state index in [0.29, 0.717) is 18.2 Å². The number of piperidine rings is 1. The monoisotopic (exact) mass is 313 g/mol. The lowest BCUT2D eigenvalue weighted by Gasteiger charge is -2.31. The molecule has 2 aromatic rings. The standard InChI is InChI=1S/C18H23N3O2/c1-2-15-12-17(20-19-15)18(22)21-10-8-14(9-11-21)13-23-16-6-4-3-5-7-16/h3-7,12,14H,2,8-11,13H2,1H3,(H,19,20). The third-order valence-corrected chi connectivity index (χ3v) is 4.36. The lowest BCUT2D eigenvalue weighted by molar-refractivity contribution is 0.0655. The van der Waals surface area contributed by atoms with Gasteiger partial charge in [-0.2, -0.15) is 5.10 Å². The Kier molecular flexibility index (Phi) is 4.95. The molecule has 1 aromatic carbocycles. The van der Waals surface area contributed by atoms with Gasteiger partial charge in [0.05, 0.1) is 6.61 Å². The van der Waals surface area contributed by atoms with Crippen molar-refractivity contribution in [1.82, 2.24) is 15.1 Å². The van der Waals surface area contributed by atoms with Crippen molar-refractivity contribution in [2.24, 2.45) is 5.92 Å². The van der Waals surface area contributed by atoms with E-state index in [1.54, 1.807) is 0 Å². The van der Waals surface area contributed by atoms with Crippen molar-refractivity contribution >= 4 is 5.91 Å². The van der Waals surface area contributed by atoms with E-state index in [2.05, 4.69) is 10.2 Å². The number of carbonyl (C=O) groups excluding carboxylic acids is 1. The molecule has 5 heteroatoms. The summed E-state index contributed by atoms with van der Waals surface area (Å²) in [5.41, 5.74) is 1.53. The molecule has 23 heavy (non-hydrogen) atoms. The molecule has 0 bridgehead atoms. The number of benzene rings is 1. The molecular weight excluding hydrogens is 290 g/mol. The van der Waals surface area contributed by atoms with E-state index in [9.17, 15) is 4.79 Å². The van der Waals surface area contributed by atoms with Crippen molar-refractivity contribution in [3.8, 4) is 5.75 Å². The first-order valence-corrected chi connectivity index (χ1v) is 8.27. The van der Waals surface area contributed by atoms with Crippen LogP contribution in [0.25, 0.3) is 0 Å². The number of aromatic nitrogens is 2. The minimum Gasteiger partial charge on any atom is -0.493 e. The molecule has 0 atom stereocenters. The highest BCUT2D eigenvalue weighted by molar-refractivity contribution is 5.92. The molecule has 1 amide bonds. The van der Waals surface area contributed by atoms with Crippen molar-refractivity contribution in [3.63, 3.8) is 0 Å². The highest BCUT2D eigenvalue weighted by Crippen LogP contribution is 2.20. The molecule has 5 nitrogen and oxygen atoms in total. The Morgan fingerprint density at radius 1 is 1.30 bits per heavy atom. The Morgan fingerprint density at radius 3 is 2.70 bits per heavy atom. The zero-order valence-corrected chi connectivity index (χ0v) is 13.5. The average molecular weight is 313 g/mol. The Balaban J connectivity index is 1.47. The Morgan fingerprint density at radius 2 is 2.04 bits per heavy atom. The quantitative estimate of drug-likeness (QED) is 0.923. The van der Waals surface area contributed by atoms with Crippen LogP contribution in [0.2, 0.25) is 0 Å². The molecule has 3 rings (SSSR count). The van der Waals surface area contributed by atoms with Gasteiger partial charge in [0.2, 0.25) is 0 Å². The minimum atomic E-state index is 0.0309. The van der Waals surface area contributed by atoms with Gasteiger partial charge in [0.25, 0.3) is 5.91 Å². The number of aryl methyl sites for hydroxylation is 1. The summed E-state index contributed by atoms with van der Waals surface area (Å²) in [4.78, 5) is 14.3. The first kappa shape index (κ1) is 15.6. The van der Waals surface area contributed by atoms with Crippen LogP contribution in [0.15, 0.2) is 36.4 Å². The van der Waals surface area contributed by atoms with Gasteiger partial charge in [-0.3, -0.25) is 9.89 Å². The van der Waals surface area contributed by atoms with Gasteiger partial charge in [0, 0.05) is 18.8 Å². The van der Waals surface area contributed by atoms with Gasteiger partial charge in [-0.05, 0) is 43.4 Å². The number of aromatic amines is 1. The van der Waals surface area contributed by atoms with Crippen LogP contribution in [0.4, 0.5) is 0 Å². The summed E-state index contributed by atoms with van der Waals surface area (Å²) in [7, 11) is 0. The van der Waals surface area contributed by atoms with E-state index in [1.165, 1.54) is 0 Å². The molecule has 1 aromatic heterocycles. The Bertz CT molecular complexity index is 631. The zero-order chi connectivity index (χ0) is 16.1. The molecule has 2 heterocycles. The lowest BCUT2D eigenvalue weighted by atomic mass is 9.97. The summed E-state index contributed by atoms with van der Waals surface area (Å²) in [6.07, 6.45) is 2.81. The fraction of sp³-hybridized carbons (Fsp3) is 0.444. The molecule has 0 saturated carbocycles. The van der Waals surface area contributed by atoms with Crippen LogP contribution in [-0.4, -0.2) is 40.7 Å². The maximum absolute atomic E-state index is 12.4. The summed E-state index contributed by atoms with van der Waals surface area (Å²) in [6, 6.07) is 11.7. The SMILES string of the molecule is CCc1cc(C(=O)N2CCC(COc3ccccc3)CC2)n[nH]1. The molecular formula is C18H23N3O2. The normalized spacial score (nSPS) is 15.6. The number of carbonyl (C=O) groups is 1. The number of likely N-dealkylation sites (tertiary alicyclic amines) is 1. The number of nitrogens with zero attached hydrogens (tertiary/aromatic N) is 2. The van der Waals surface area contributed by atoms with Crippen LogP contribution in [0, 0.1) is 5.92 Å². The van der Waals surface area contributed by atoms with Crippen molar-refractivity contribution in [1.29, 1.82) is 0 Å². The Hall–Kier alpha value is -2.30. The van der Waals surface area contributed by atoms with Crippen LogP contribution >= 0.6 is 0 Å². The predicted molar refractivity (Wildman–Crippen MR) is 88.5 cm³/mol. The molecule has 1 aliphatic heterocycles. The highest BCUT2D eigenvalue weighted by atomic mass is 16.5. The first-order valence-electron chi connectivity index (χ1n) is 8.27. The predicted octanol–water partition coefficient (Wildman–Crippen LogP) is 2.90. The number of H-pyrrole nitrogens is 1. The maximum atomic E-state index is 12.4. The second kappa shape index (κ2) is 7.31. The van der Waals surface area contributed by atoms with Crippen LogP contribution in [0.5, 0.6) is 5.75 Å². The second-order valence-electron chi connectivity index (χ2n) is 5.99. The number of nitrogens with one attached hydrogen (secondary N) is 1. The van der Waals surface area contributed by atoms with Gasteiger partial charge in [0.15, 0.2) is 0 Å². The third-order valence-electron chi connectivity index (χ3n) is 4.36. The van der Waals surface area contributed by atoms with Gasteiger partial charge < -0.3 is 9.64 Å². The molecule has 1 fully saturated rings. The van der Waals surface area contributed by atoms with Gasteiger partial charge in [0.1, 0.15) is 11.4 Å². The molecule has 0 spiro atoms. The second-order valence-corrected chi connectivity index (χ2v) is 5.99. The van der Waals surface area contributed by atoms with E-state index in [1.807, 2.05) is 48.2 Å². The summed E-state index contributed by atoms with van der Waals surface area (Å²) in [5, 5.41) is 7.02. The van der Waals surface area contributed by atoms with Crippen LogP contribution in [-0.2, 0) is 6.42 Å². The van der Waals surface area contributed by atoms with E-state index in [-0.39, 0.29) is 5.91 Å². The van der Waals surface area contributed by atoms with Gasteiger partial charge in [-0.15, -0.1) is 0 Å². The number of para-hydroxylation sites is 1. The van der Waals surface area contributed by atoms with Gasteiger partial charge in [-0.1, -0.05) is 25.1 Å². The van der Waals surface area contributed by atoms with E-state index in [4.69, 9.17) is 4.74 Å². The molecule has 1 aliphatic rings. The molecule has 1 saturated heterocycles. The lowest BCUT2D eigenvalue weighted by Crippen LogP contribution is -2.39. The van der Waals surface area contributed by atoms with E-state index < -0.39 is 0 Å². The van der Waals surface area contributed by atoms with Crippen LogP contribution < -0.4 is 4.74 Å². The van der Waals surface area contributed by atoms with Crippen LogP contribution in [0.3, 0.4) is 0 Å². The van der Waals surface area contributed by atoms with Crippen molar-refractivity contribution in [2.75, 3.05) is 19.7 Å². The molecule has 1 N–H and O–H groups in total. The topological polar surface area (TPSA) is 58.2 Å². The first-order chi connectivity index (χ1) is 11.3. The molecule has 122 valence electrons. The molecule has 0 radical (unpaired) electrons. The number of ether oxygens (including phenoxy) is 1. The molecule has 0 unspecified atom stereocenters. The van der Waals surface area contributed by atoms with Crippen molar-refractivity contribution in [3.05, 3.63) is 47.8 Å². The third kappa shape index (κ3) is 3.92. The summed E-state index contributed by atoms with van der Waals surface area (Å²) in [6.45, 7) is 4.31.